The second-order valence-corrected chi connectivity index (χ2v) is 3.77. The van der Waals surface area contributed by atoms with Gasteiger partial charge in [0.15, 0.2) is 0 Å². The molecule has 2 rings (SSSR count). The van der Waals surface area contributed by atoms with Crippen molar-refractivity contribution in [2.45, 2.75) is 19.3 Å². The first kappa shape index (κ1) is 8.42. The molecule has 0 unspecified atom stereocenters. The first-order valence-corrected chi connectivity index (χ1v) is 4.94. The zero-order valence-electron chi connectivity index (χ0n) is 7.79. The Balaban J connectivity index is 1.89. The zero-order chi connectivity index (χ0) is 9.10. The van der Waals surface area contributed by atoms with Crippen LogP contribution in [0, 0.1) is 5.92 Å². The van der Waals surface area contributed by atoms with Gasteiger partial charge in [-0.25, -0.2) is 0 Å². The van der Waals surface area contributed by atoms with Gasteiger partial charge in [0.25, 0.3) is 0 Å². The first-order chi connectivity index (χ1) is 6.36. The maximum atomic E-state index is 5.80. The highest BCUT2D eigenvalue weighted by atomic mass is 14.9. The molecule has 0 heterocycles. The van der Waals surface area contributed by atoms with Crippen LogP contribution in [0.1, 0.15) is 19.3 Å². The number of benzene rings is 1. The molecule has 0 radical (unpaired) electrons. The molecule has 0 spiro atoms. The Morgan fingerprint density at radius 3 is 2.69 bits per heavy atom. The van der Waals surface area contributed by atoms with E-state index in [-0.39, 0.29) is 0 Å². The summed E-state index contributed by atoms with van der Waals surface area (Å²) in [6, 6.07) is 7.94. The van der Waals surface area contributed by atoms with Crippen LogP contribution in [0.15, 0.2) is 24.3 Å². The monoisotopic (exact) mass is 176 g/mol. The molecule has 3 N–H and O–H groups in total. The third-order valence-corrected chi connectivity index (χ3v) is 2.77. The van der Waals surface area contributed by atoms with Crippen LogP contribution in [0.4, 0.5) is 11.4 Å². The third-order valence-electron chi connectivity index (χ3n) is 2.77. The summed E-state index contributed by atoms with van der Waals surface area (Å²) in [6.45, 7) is 1.08. The minimum absolute atomic E-state index is 0.849. The Kier molecular flexibility index (Phi) is 2.39. The lowest BCUT2D eigenvalue weighted by Gasteiger charge is -2.26. The van der Waals surface area contributed by atoms with E-state index in [0.29, 0.717) is 0 Å². The van der Waals surface area contributed by atoms with E-state index in [4.69, 9.17) is 5.73 Å². The fraction of sp³-hybridized carbons (Fsp3) is 0.455. The summed E-state index contributed by atoms with van der Waals surface area (Å²) in [5.74, 6) is 0.875. The summed E-state index contributed by atoms with van der Waals surface area (Å²) in [5, 5.41) is 3.39. The van der Waals surface area contributed by atoms with Crippen LogP contribution in [0.2, 0.25) is 0 Å². The van der Waals surface area contributed by atoms with E-state index < -0.39 is 0 Å². The van der Waals surface area contributed by atoms with Gasteiger partial charge in [-0.05, 0) is 30.9 Å². The number of hydrogen-bond donors (Lipinski definition) is 2. The second kappa shape index (κ2) is 3.69. The molecule has 2 heteroatoms. The molecule has 1 saturated carbocycles. The number of nitrogens with one attached hydrogen (secondary N) is 1. The highest BCUT2D eigenvalue weighted by Gasteiger charge is 2.16. The zero-order valence-corrected chi connectivity index (χ0v) is 7.79. The van der Waals surface area contributed by atoms with Crippen LogP contribution in [0.3, 0.4) is 0 Å². The summed E-state index contributed by atoms with van der Waals surface area (Å²) >= 11 is 0. The van der Waals surface area contributed by atoms with Crippen molar-refractivity contribution in [2.24, 2.45) is 5.92 Å². The number of para-hydroxylation sites is 2. The minimum Gasteiger partial charge on any atom is -0.397 e. The molecule has 1 fully saturated rings. The second-order valence-electron chi connectivity index (χ2n) is 3.77. The largest absolute Gasteiger partial charge is 0.397 e. The standard InChI is InChI=1S/C11H16N2/c12-10-6-1-2-7-11(10)13-8-9-4-3-5-9/h1-2,6-7,9,13H,3-5,8,12H2. The lowest BCUT2D eigenvalue weighted by Crippen LogP contribution is -2.21. The number of hydrogen-bond acceptors (Lipinski definition) is 2. The molecule has 2 nitrogen and oxygen atoms in total. The molecule has 70 valence electrons. The summed E-state index contributed by atoms with van der Waals surface area (Å²) < 4.78 is 0. The van der Waals surface area contributed by atoms with Gasteiger partial charge in [0.05, 0.1) is 11.4 Å². The van der Waals surface area contributed by atoms with Crippen molar-refractivity contribution in [3.8, 4) is 0 Å². The van der Waals surface area contributed by atoms with E-state index in [1.165, 1.54) is 19.3 Å². The predicted molar refractivity (Wildman–Crippen MR) is 56.7 cm³/mol. The molecule has 0 saturated heterocycles. The van der Waals surface area contributed by atoms with Gasteiger partial charge < -0.3 is 11.1 Å². The van der Waals surface area contributed by atoms with Crippen LogP contribution >= 0.6 is 0 Å². The molecule has 13 heavy (non-hydrogen) atoms. The van der Waals surface area contributed by atoms with Crippen LogP contribution in [0.5, 0.6) is 0 Å². The molecule has 1 aliphatic carbocycles. The van der Waals surface area contributed by atoms with E-state index in [2.05, 4.69) is 5.32 Å². The van der Waals surface area contributed by atoms with E-state index >= 15 is 0 Å². The Morgan fingerprint density at radius 2 is 2.08 bits per heavy atom. The number of rotatable bonds is 3. The van der Waals surface area contributed by atoms with Gasteiger partial charge in [0.2, 0.25) is 0 Å². The van der Waals surface area contributed by atoms with Crippen molar-refractivity contribution in [3.05, 3.63) is 24.3 Å². The Hall–Kier alpha value is -1.18. The van der Waals surface area contributed by atoms with Gasteiger partial charge in [-0.2, -0.15) is 0 Å². The van der Waals surface area contributed by atoms with Crippen molar-refractivity contribution in [2.75, 3.05) is 17.6 Å². The maximum Gasteiger partial charge on any atom is 0.0573 e. The normalized spacial score (nSPS) is 16.6. The number of nitrogen functional groups attached to an aromatic ring is 1. The minimum atomic E-state index is 0.849. The fourth-order valence-corrected chi connectivity index (χ4v) is 1.61. The molecule has 1 aromatic rings. The predicted octanol–water partition coefficient (Wildman–Crippen LogP) is 2.48. The summed E-state index contributed by atoms with van der Waals surface area (Å²) in [7, 11) is 0. The SMILES string of the molecule is Nc1ccccc1NCC1CCC1. The van der Waals surface area contributed by atoms with Gasteiger partial charge in [-0.15, -0.1) is 0 Å². The first-order valence-electron chi connectivity index (χ1n) is 4.94. The van der Waals surface area contributed by atoms with Crippen LogP contribution in [-0.4, -0.2) is 6.54 Å². The highest BCUT2D eigenvalue weighted by molar-refractivity contribution is 5.65. The smallest absolute Gasteiger partial charge is 0.0573 e. The molecular formula is C11H16N2. The quantitative estimate of drug-likeness (QED) is 0.694. The lowest BCUT2D eigenvalue weighted by atomic mass is 9.85. The molecule has 0 aromatic heterocycles. The average molecular weight is 176 g/mol. The van der Waals surface area contributed by atoms with Crippen molar-refractivity contribution >= 4 is 11.4 Å². The van der Waals surface area contributed by atoms with Crippen molar-refractivity contribution in [3.63, 3.8) is 0 Å². The van der Waals surface area contributed by atoms with Crippen LogP contribution in [-0.2, 0) is 0 Å². The van der Waals surface area contributed by atoms with Crippen LogP contribution in [0.25, 0.3) is 0 Å². The Morgan fingerprint density at radius 1 is 1.31 bits per heavy atom. The van der Waals surface area contributed by atoms with Gasteiger partial charge >= 0.3 is 0 Å². The summed E-state index contributed by atoms with van der Waals surface area (Å²) in [6.07, 6.45) is 4.15. The lowest BCUT2D eigenvalue weighted by molar-refractivity contribution is 0.333. The highest BCUT2D eigenvalue weighted by Crippen LogP contribution is 2.27. The van der Waals surface area contributed by atoms with Gasteiger partial charge in [0, 0.05) is 6.54 Å². The number of anilines is 2. The Bertz CT molecular complexity index is 279. The van der Waals surface area contributed by atoms with Gasteiger partial charge in [-0.3, -0.25) is 0 Å². The van der Waals surface area contributed by atoms with E-state index in [9.17, 15) is 0 Å². The third kappa shape index (κ3) is 1.94. The van der Waals surface area contributed by atoms with E-state index in [1.54, 1.807) is 0 Å². The molecule has 0 aliphatic heterocycles. The van der Waals surface area contributed by atoms with E-state index in [1.807, 2.05) is 24.3 Å². The molecule has 0 atom stereocenters. The van der Waals surface area contributed by atoms with Crippen molar-refractivity contribution in [1.82, 2.24) is 0 Å². The summed E-state index contributed by atoms with van der Waals surface area (Å²) in [5.41, 5.74) is 7.73. The average Bonchev–Trinajstić information content (AvgIpc) is 2.05. The van der Waals surface area contributed by atoms with Gasteiger partial charge in [-0.1, -0.05) is 18.6 Å². The molecular weight excluding hydrogens is 160 g/mol. The molecule has 1 aliphatic rings. The maximum absolute atomic E-state index is 5.80. The Labute approximate surface area is 79.1 Å². The molecule has 0 amide bonds. The van der Waals surface area contributed by atoms with Gasteiger partial charge in [0.1, 0.15) is 0 Å². The fourth-order valence-electron chi connectivity index (χ4n) is 1.61. The van der Waals surface area contributed by atoms with Crippen molar-refractivity contribution in [1.29, 1.82) is 0 Å². The molecule has 1 aromatic carbocycles. The van der Waals surface area contributed by atoms with Crippen molar-refractivity contribution < 1.29 is 0 Å². The van der Waals surface area contributed by atoms with Crippen LogP contribution < -0.4 is 11.1 Å². The molecule has 0 bridgehead atoms. The summed E-state index contributed by atoms with van der Waals surface area (Å²) in [4.78, 5) is 0. The topological polar surface area (TPSA) is 38.0 Å². The number of nitrogens with two attached hydrogens (primary N) is 1. The van der Waals surface area contributed by atoms with E-state index in [0.717, 1.165) is 23.8 Å².